The van der Waals surface area contributed by atoms with Crippen LogP contribution in [-0.4, -0.2) is 36.5 Å². The molecule has 104 valence electrons. The molecule has 0 saturated carbocycles. The zero-order valence-electron chi connectivity index (χ0n) is 11.0. The molecule has 0 aliphatic carbocycles. The van der Waals surface area contributed by atoms with E-state index < -0.39 is 10.0 Å². The van der Waals surface area contributed by atoms with Crippen LogP contribution in [0.15, 0.2) is 17.3 Å². The summed E-state index contributed by atoms with van der Waals surface area (Å²) >= 11 is 0. The second-order valence-corrected chi connectivity index (χ2v) is 6.82. The Kier molecular flexibility index (Phi) is 4.89. The molecule has 0 aliphatic rings. The van der Waals surface area contributed by atoms with E-state index in [9.17, 15) is 8.42 Å². The molecule has 18 heavy (non-hydrogen) atoms. The van der Waals surface area contributed by atoms with E-state index in [-0.39, 0.29) is 17.0 Å². The third kappa shape index (κ3) is 4.08. The average molecular weight is 275 g/mol. The van der Waals surface area contributed by atoms with Crippen molar-refractivity contribution in [3.8, 4) is 0 Å². The van der Waals surface area contributed by atoms with Crippen molar-refractivity contribution in [3.63, 3.8) is 0 Å². The molecule has 1 aromatic heterocycles. The summed E-state index contributed by atoms with van der Waals surface area (Å²) in [6.07, 6.45) is 2.88. The maximum atomic E-state index is 12.0. The van der Waals surface area contributed by atoms with Crippen molar-refractivity contribution in [1.29, 1.82) is 0 Å². The van der Waals surface area contributed by atoms with Gasteiger partial charge in [0, 0.05) is 20.2 Å². The molecule has 0 amide bonds. The fraction of sp³-hybridized carbons (Fsp3) is 0.727. The predicted molar refractivity (Wildman–Crippen MR) is 68.5 cm³/mol. The first-order chi connectivity index (χ1) is 8.28. The highest BCUT2D eigenvalue weighted by atomic mass is 32.2. The average Bonchev–Trinajstić information content (AvgIpc) is 2.71. The number of aromatic nitrogens is 2. The molecule has 0 fully saturated rings. The van der Waals surface area contributed by atoms with Gasteiger partial charge in [-0.1, -0.05) is 13.8 Å². The van der Waals surface area contributed by atoms with Crippen molar-refractivity contribution in [2.24, 2.45) is 12.5 Å². The van der Waals surface area contributed by atoms with Gasteiger partial charge < -0.3 is 5.11 Å². The first-order valence-electron chi connectivity index (χ1n) is 5.87. The van der Waals surface area contributed by atoms with Crippen molar-refractivity contribution in [2.45, 2.75) is 31.7 Å². The van der Waals surface area contributed by atoms with Gasteiger partial charge in [-0.3, -0.25) is 4.68 Å². The Morgan fingerprint density at radius 2 is 2.17 bits per heavy atom. The maximum Gasteiger partial charge on any atom is 0.257 e. The summed E-state index contributed by atoms with van der Waals surface area (Å²) in [4.78, 5) is 0. The molecule has 0 aliphatic heterocycles. The Hall–Kier alpha value is -0.920. The molecular weight excluding hydrogens is 254 g/mol. The Balaban J connectivity index is 2.66. The zero-order valence-corrected chi connectivity index (χ0v) is 11.9. The molecule has 0 unspecified atom stereocenters. The molecule has 6 nitrogen and oxygen atoms in total. The van der Waals surface area contributed by atoms with Gasteiger partial charge in [0.25, 0.3) is 10.0 Å². The van der Waals surface area contributed by atoms with Gasteiger partial charge in [-0.05, 0) is 24.3 Å². The van der Waals surface area contributed by atoms with Crippen LogP contribution in [0.2, 0.25) is 0 Å². The first-order valence-corrected chi connectivity index (χ1v) is 7.35. The van der Waals surface area contributed by atoms with E-state index in [1.54, 1.807) is 7.05 Å². The standard InChI is InChI=1S/C11H21N3O3S/c1-11(2,6-4-8-15)9-13-18(16,17)10-5-7-12-14(10)3/h5,7,13,15H,4,6,8-9H2,1-3H3. The largest absolute Gasteiger partial charge is 0.396 e. The Morgan fingerprint density at radius 3 is 2.67 bits per heavy atom. The quantitative estimate of drug-likeness (QED) is 0.759. The minimum atomic E-state index is -3.52. The molecule has 1 aromatic rings. The third-order valence-corrected chi connectivity index (χ3v) is 4.28. The molecular formula is C11H21N3O3S. The molecule has 0 bridgehead atoms. The summed E-state index contributed by atoms with van der Waals surface area (Å²) < 4.78 is 27.9. The van der Waals surface area contributed by atoms with Crippen LogP contribution in [0.1, 0.15) is 26.7 Å². The monoisotopic (exact) mass is 275 g/mol. The number of hydrogen-bond acceptors (Lipinski definition) is 4. The van der Waals surface area contributed by atoms with Crippen LogP contribution in [0.3, 0.4) is 0 Å². The van der Waals surface area contributed by atoms with Crippen LogP contribution in [-0.2, 0) is 17.1 Å². The minimum absolute atomic E-state index is 0.123. The van der Waals surface area contributed by atoms with E-state index >= 15 is 0 Å². The SMILES string of the molecule is Cn1nccc1S(=O)(=O)NCC(C)(C)CCCO. The molecule has 0 saturated heterocycles. The second-order valence-electron chi connectivity index (χ2n) is 5.11. The number of nitrogens with one attached hydrogen (secondary N) is 1. The minimum Gasteiger partial charge on any atom is -0.396 e. The summed E-state index contributed by atoms with van der Waals surface area (Å²) in [5.41, 5.74) is -0.186. The number of hydrogen-bond donors (Lipinski definition) is 2. The van der Waals surface area contributed by atoms with Crippen LogP contribution in [0.25, 0.3) is 0 Å². The number of rotatable bonds is 7. The van der Waals surface area contributed by atoms with E-state index in [4.69, 9.17) is 5.11 Å². The van der Waals surface area contributed by atoms with E-state index in [1.165, 1.54) is 16.9 Å². The highest BCUT2D eigenvalue weighted by Crippen LogP contribution is 2.21. The lowest BCUT2D eigenvalue weighted by molar-refractivity contribution is 0.242. The maximum absolute atomic E-state index is 12.0. The normalized spacial score (nSPS) is 12.9. The predicted octanol–water partition coefficient (Wildman–Crippen LogP) is 0.497. The van der Waals surface area contributed by atoms with Crippen molar-refractivity contribution < 1.29 is 13.5 Å². The molecule has 2 N–H and O–H groups in total. The number of aliphatic hydroxyl groups is 1. The van der Waals surface area contributed by atoms with E-state index in [2.05, 4.69) is 9.82 Å². The smallest absolute Gasteiger partial charge is 0.257 e. The highest BCUT2D eigenvalue weighted by molar-refractivity contribution is 7.89. The van der Waals surface area contributed by atoms with E-state index in [0.29, 0.717) is 13.0 Å². The Morgan fingerprint density at radius 1 is 1.50 bits per heavy atom. The number of aliphatic hydroxyl groups excluding tert-OH is 1. The summed E-state index contributed by atoms with van der Waals surface area (Å²) in [6, 6.07) is 1.46. The fourth-order valence-electron chi connectivity index (χ4n) is 1.64. The van der Waals surface area contributed by atoms with Gasteiger partial charge in [-0.25, -0.2) is 13.1 Å². The Bertz CT molecular complexity index is 479. The van der Waals surface area contributed by atoms with Gasteiger partial charge in [0.05, 0.1) is 6.20 Å². The fourth-order valence-corrected chi connectivity index (χ4v) is 3.00. The zero-order chi connectivity index (χ0) is 13.8. The Labute approximate surface area is 108 Å². The number of nitrogens with zero attached hydrogens (tertiary/aromatic N) is 2. The van der Waals surface area contributed by atoms with Crippen LogP contribution in [0.4, 0.5) is 0 Å². The molecule has 0 spiro atoms. The van der Waals surface area contributed by atoms with Gasteiger partial charge in [0.1, 0.15) is 0 Å². The second kappa shape index (κ2) is 5.81. The molecule has 7 heteroatoms. The molecule has 0 atom stereocenters. The lowest BCUT2D eigenvalue weighted by Crippen LogP contribution is -2.35. The lowest BCUT2D eigenvalue weighted by Gasteiger charge is -2.24. The van der Waals surface area contributed by atoms with Crippen molar-refractivity contribution in [3.05, 3.63) is 12.3 Å². The van der Waals surface area contributed by atoms with E-state index in [1.807, 2.05) is 13.8 Å². The van der Waals surface area contributed by atoms with Gasteiger partial charge >= 0.3 is 0 Å². The van der Waals surface area contributed by atoms with Gasteiger partial charge in [-0.15, -0.1) is 0 Å². The number of aryl methyl sites for hydroxylation is 1. The van der Waals surface area contributed by atoms with Crippen LogP contribution in [0, 0.1) is 5.41 Å². The van der Waals surface area contributed by atoms with Crippen molar-refractivity contribution in [1.82, 2.24) is 14.5 Å². The molecule has 0 aromatic carbocycles. The van der Waals surface area contributed by atoms with Gasteiger partial charge in [0.2, 0.25) is 0 Å². The van der Waals surface area contributed by atoms with Gasteiger partial charge in [0.15, 0.2) is 5.03 Å². The summed E-state index contributed by atoms with van der Waals surface area (Å²) in [7, 11) is -1.93. The molecule has 1 rings (SSSR count). The van der Waals surface area contributed by atoms with Crippen molar-refractivity contribution in [2.75, 3.05) is 13.2 Å². The van der Waals surface area contributed by atoms with Crippen molar-refractivity contribution >= 4 is 10.0 Å². The van der Waals surface area contributed by atoms with Gasteiger partial charge in [-0.2, -0.15) is 5.10 Å². The summed E-state index contributed by atoms with van der Waals surface area (Å²) in [5, 5.41) is 12.8. The highest BCUT2D eigenvalue weighted by Gasteiger charge is 2.23. The third-order valence-electron chi connectivity index (χ3n) is 2.80. The molecule has 1 heterocycles. The summed E-state index contributed by atoms with van der Waals surface area (Å²) in [6.45, 7) is 4.39. The number of sulfonamides is 1. The summed E-state index contributed by atoms with van der Waals surface area (Å²) in [5.74, 6) is 0. The van der Waals surface area contributed by atoms with Crippen LogP contribution >= 0.6 is 0 Å². The van der Waals surface area contributed by atoms with E-state index in [0.717, 1.165) is 6.42 Å². The molecule has 0 radical (unpaired) electrons. The lowest BCUT2D eigenvalue weighted by atomic mass is 9.88. The van der Waals surface area contributed by atoms with Crippen LogP contribution in [0.5, 0.6) is 0 Å². The van der Waals surface area contributed by atoms with Crippen LogP contribution < -0.4 is 4.72 Å². The topological polar surface area (TPSA) is 84.2 Å². The first kappa shape index (κ1) is 15.1.